The first-order valence-corrected chi connectivity index (χ1v) is 8.38. The highest BCUT2D eigenvalue weighted by atomic mass is 35.5. The topological polar surface area (TPSA) is 75.3 Å². The Kier molecular flexibility index (Phi) is 6.16. The third kappa shape index (κ3) is 5.01. The van der Waals surface area contributed by atoms with Gasteiger partial charge in [-0.25, -0.2) is 17.8 Å². The largest absolute Gasteiger partial charge is 0.475 e. The number of halogens is 6. The Morgan fingerprint density at radius 1 is 1.04 bits per heavy atom. The minimum absolute atomic E-state index is 0.273. The molecule has 3 amide bonds. The number of rotatable bonds is 3. The summed E-state index contributed by atoms with van der Waals surface area (Å²) in [4.78, 5) is 22.7. The number of nitrogens with one attached hydrogen (secondary N) is 2. The number of benzene rings is 2. The molecule has 0 aliphatic rings. The van der Waals surface area contributed by atoms with Crippen LogP contribution in [0.5, 0.6) is 0 Å². The number of urea groups is 1. The molecule has 144 valence electrons. The number of hydrogen-bond acceptors (Lipinski definition) is 3. The highest BCUT2D eigenvalue weighted by molar-refractivity contribution is 7.86. The van der Waals surface area contributed by atoms with Gasteiger partial charge in [-0.1, -0.05) is 17.7 Å². The van der Waals surface area contributed by atoms with E-state index in [1.807, 2.05) is 5.32 Å². The molecule has 0 saturated heterocycles. The monoisotopic (exact) mass is 426 g/mol. The molecule has 12 heteroatoms. The molecule has 0 aromatic heterocycles. The van der Waals surface area contributed by atoms with E-state index in [1.165, 1.54) is 12.1 Å². The lowest BCUT2D eigenvalue weighted by atomic mass is 10.2. The highest BCUT2D eigenvalue weighted by Crippen LogP contribution is 2.28. The molecule has 0 fully saturated rings. The maximum atomic E-state index is 13.8. The Hall–Kier alpha value is -2.53. The quantitative estimate of drug-likeness (QED) is 0.722. The average Bonchev–Trinajstić information content (AvgIpc) is 2.55. The van der Waals surface area contributed by atoms with Crippen LogP contribution in [0, 0.1) is 11.6 Å². The highest BCUT2D eigenvalue weighted by Gasteiger charge is 2.38. The third-order valence-electron chi connectivity index (χ3n) is 3.03. The van der Waals surface area contributed by atoms with Crippen LogP contribution in [-0.2, 0) is 10.8 Å². The summed E-state index contributed by atoms with van der Waals surface area (Å²) >= 11 is 5.66. The van der Waals surface area contributed by atoms with Gasteiger partial charge in [0.05, 0.1) is 21.2 Å². The first kappa shape index (κ1) is 20.8. The Morgan fingerprint density at radius 2 is 1.70 bits per heavy atom. The molecule has 0 saturated carbocycles. The SMILES string of the molecule is O=C(NC(=O)c1c(F)cccc1Cl)Nc1ccc(S(=O)C(F)(F)F)cc1F. The van der Waals surface area contributed by atoms with Crippen LogP contribution in [0.4, 0.5) is 32.4 Å². The number of imide groups is 1. The van der Waals surface area contributed by atoms with Gasteiger partial charge in [0.25, 0.3) is 5.91 Å². The maximum absolute atomic E-state index is 13.8. The zero-order valence-electron chi connectivity index (χ0n) is 12.9. The molecule has 1 atom stereocenters. The summed E-state index contributed by atoms with van der Waals surface area (Å²) in [6.07, 6.45) is 0. The molecule has 0 spiro atoms. The summed E-state index contributed by atoms with van der Waals surface area (Å²) in [7, 11) is -3.45. The molecule has 27 heavy (non-hydrogen) atoms. The fourth-order valence-corrected chi connectivity index (χ4v) is 2.80. The minimum Gasteiger partial charge on any atom is -0.305 e. The van der Waals surface area contributed by atoms with Gasteiger partial charge in [0.1, 0.15) is 11.6 Å². The van der Waals surface area contributed by atoms with Crippen molar-refractivity contribution in [2.24, 2.45) is 0 Å². The first-order valence-electron chi connectivity index (χ1n) is 6.85. The Labute approximate surface area is 156 Å². The van der Waals surface area contributed by atoms with E-state index in [1.54, 1.807) is 5.32 Å². The van der Waals surface area contributed by atoms with Gasteiger partial charge in [0.15, 0.2) is 10.8 Å². The van der Waals surface area contributed by atoms with E-state index in [-0.39, 0.29) is 5.02 Å². The van der Waals surface area contributed by atoms with Crippen molar-refractivity contribution in [3.63, 3.8) is 0 Å². The van der Waals surface area contributed by atoms with Gasteiger partial charge in [-0.3, -0.25) is 10.1 Å². The van der Waals surface area contributed by atoms with Crippen molar-refractivity contribution in [1.82, 2.24) is 5.32 Å². The number of hydrogen-bond donors (Lipinski definition) is 2. The fraction of sp³-hybridized carbons (Fsp3) is 0.0667. The Bertz CT molecular complexity index is 916. The Balaban J connectivity index is 2.12. The third-order valence-corrected chi connectivity index (χ3v) is 4.45. The van der Waals surface area contributed by atoms with Gasteiger partial charge >= 0.3 is 11.5 Å². The van der Waals surface area contributed by atoms with E-state index in [2.05, 4.69) is 0 Å². The summed E-state index contributed by atoms with van der Waals surface area (Å²) in [5.74, 6) is -3.54. The van der Waals surface area contributed by atoms with E-state index in [0.717, 1.165) is 12.1 Å². The summed E-state index contributed by atoms with van der Waals surface area (Å²) in [6, 6.07) is 3.83. The molecule has 2 N–H and O–H groups in total. The second kappa shape index (κ2) is 8.01. The van der Waals surface area contributed by atoms with Crippen LogP contribution in [0.2, 0.25) is 5.02 Å². The van der Waals surface area contributed by atoms with E-state index in [0.29, 0.717) is 12.1 Å². The van der Waals surface area contributed by atoms with Gasteiger partial charge < -0.3 is 5.32 Å². The lowest BCUT2D eigenvalue weighted by molar-refractivity contribution is -0.0384. The van der Waals surface area contributed by atoms with Gasteiger partial charge in [-0.15, -0.1) is 0 Å². The van der Waals surface area contributed by atoms with Gasteiger partial charge in [-0.05, 0) is 30.3 Å². The molecule has 5 nitrogen and oxygen atoms in total. The van der Waals surface area contributed by atoms with Crippen LogP contribution in [-0.4, -0.2) is 21.7 Å². The number of anilines is 1. The van der Waals surface area contributed by atoms with Crippen molar-refractivity contribution in [2.75, 3.05) is 5.32 Å². The lowest BCUT2D eigenvalue weighted by Crippen LogP contribution is -2.35. The van der Waals surface area contributed by atoms with Crippen molar-refractivity contribution in [3.8, 4) is 0 Å². The minimum atomic E-state index is -5.08. The molecular weight excluding hydrogens is 419 g/mol. The number of alkyl halides is 3. The molecule has 0 aliphatic carbocycles. The molecule has 0 radical (unpaired) electrons. The average molecular weight is 427 g/mol. The normalized spacial score (nSPS) is 12.4. The van der Waals surface area contributed by atoms with Crippen LogP contribution in [0.15, 0.2) is 41.3 Å². The predicted octanol–water partition coefficient (Wildman–Crippen LogP) is 4.21. The molecule has 0 heterocycles. The second-order valence-electron chi connectivity index (χ2n) is 4.86. The van der Waals surface area contributed by atoms with E-state index >= 15 is 0 Å². The lowest BCUT2D eigenvalue weighted by Gasteiger charge is -2.11. The predicted molar refractivity (Wildman–Crippen MR) is 86.8 cm³/mol. The zero-order chi connectivity index (χ0) is 20.4. The molecule has 1 unspecified atom stereocenters. The molecule has 0 bridgehead atoms. The molecular formula is C15H8ClF5N2O3S. The fourth-order valence-electron chi connectivity index (χ4n) is 1.88. The van der Waals surface area contributed by atoms with Crippen molar-refractivity contribution in [2.45, 2.75) is 10.4 Å². The van der Waals surface area contributed by atoms with Gasteiger partial charge in [0.2, 0.25) is 0 Å². The summed E-state index contributed by atoms with van der Waals surface area (Å²) in [5.41, 5.74) is -6.29. The van der Waals surface area contributed by atoms with Gasteiger partial charge in [-0.2, -0.15) is 13.2 Å². The van der Waals surface area contributed by atoms with Crippen molar-refractivity contribution >= 4 is 40.0 Å². The van der Waals surface area contributed by atoms with Crippen LogP contribution in [0.3, 0.4) is 0 Å². The smallest absolute Gasteiger partial charge is 0.305 e. The zero-order valence-corrected chi connectivity index (χ0v) is 14.4. The summed E-state index contributed by atoms with van der Waals surface area (Å²) in [5, 5.41) is 3.29. The van der Waals surface area contributed by atoms with Crippen molar-refractivity contribution in [1.29, 1.82) is 0 Å². The molecule has 2 aromatic rings. The summed E-state index contributed by atoms with van der Waals surface area (Å²) in [6.45, 7) is 0. The van der Waals surface area contributed by atoms with Crippen LogP contribution in [0.1, 0.15) is 10.4 Å². The number of carbonyl (C=O) groups is 2. The van der Waals surface area contributed by atoms with Crippen LogP contribution < -0.4 is 10.6 Å². The van der Waals surface area contributed by atoms with Gasteiger partial charge in [0, 0.05) is 0 Å². The van der Waals surface area contributed by atoms with Crippen molar-refractivity contribution < 1.29 is 35.8 Å². The van der Waals surface area contributed by atoms with E-state index < -0.39 is 56.0 Å². The second-order valence-corrected chi connectivity index (χ2v) is 6.74. The standard InChI is InChI=1S/C15H8ClF5N2O3S/c16-8-2-1-3-9(17)12(8)13(24)23-14(25)22-11-5-4-7(6-10(11)18)27(26)15(19,20)21/h1-6H,(H2,22,23,24,25). The van der Waals surface area contributed by atoms with Crippen molar-refractivity contribution in [3.05, 3.63) is 58.6 Å². The molecule has 2 aromatic carbocycles. The molecule has 2 rings (SSSR count). The first-order chi connectivity index (χ1) is 12.5. The number of amides is 3. The maximum Gasteiger partial charge on any atom is 0.475 e. The van der Waals surface area contributed by atoms with E-state index in [9.17, 15) is 35.8 Å². The Morgan fingerprint density at radius 3 is 2.26 bits per heavy atom. The van der Waals surface area contributed by atoms with Crippen LogP contribution >= 0.6 is 11.6 Å². The summed E-state index contributed by atoms with van der Waals surface area (Å²) < 4.78 is 75.7. The molecule has 0 aliphatic heterocycles. The van der Waals surface area contributed by atoms with Crippen LogP contribution in [0.25, 0.3) is 0 Å². The van der Waals surface area contributed by atoms with E-state index in [4.69, 9.17) is 11.6 Å². The number of carbonyl (C=O) groups excluding carboxylic acids is 2.